The summed E-state index contributed by atoms with van der Waals surface area (Å²) in [6.45, 7) is 3.47. The average Bonchev–Trinajstić information content (AvgIpc) is 2.70. The lowest BCUT2D eigenvalue weighted by molar-refractivity contribution is -0.116. The summed E-state index contributed by atoms with van der Waals surface area (Å²) in [6, 6.07) is 16.9. The predicted molar refractivity (Wildman–Crippen MR) is 112 cm³/mol. The minimum atomic E-state index is -0.303. The number of rotatable bonds is 7. The average molecular weight is 380 g/mol. The summed E-state index contributed by atoms with van der Waals surface area (Å²) >= 11 is 0. The van der Waals surface area contributed by atoms with Crippen molar-refractivity contribution in [2.24, 2.45) is 0 Å². The maximum atomic E-state index is 12.1. The van der Waals surface area contributed by atoms with Crippen LogP contribution in [0.2, 0.25) is 0 Å². The quantitative estimate of drug-likeness (QED) is 0.684. The minimum absolute atomic E-state index is 0.130. The molecule has 1 saturated heterocycles. The maximum Gasteiger partial charge on any atom is 0.319 e. The second-order valence-corrected chi connectivity index (χ2v) is 7.08. The van der Waals surface area contributed by atoms with Gasteiger partial charge >= 0.3 is 6.03 Å². The summed E-state index contributed by atoms with van der Waals surface area (Å²) in [5, 5.41) is 8.37. The van der Waals surface area contributed by atoms with E-state index >= 15 is 0 Å². The summed E-state index contributed by atoms with van der Waals surface area (Å²) in [4.78, 5) is 26.4. The fourth-order valence-corrected chi connectivity index (χ4v) is 3.33. The Morgan fingerprint density at radius 2 is 1.61 bits per heavy atom. The van der Waals surface area contributed by atoms with E-state index in [0.717, 1.165) is 31.0 Å². The van der Waals surface area contributed by atoms with Gasteiger partial charge in [-0.15, -0.1) is 0 Å². The standard InChI is InChI=1S/C22H28N4O2/c27-21(24-19-9-3-1-4-10-19)12-13-23-22(28)25-20-11-7-8-18(16-20)17-26-14-5-2-6-15-26/h1,3-4,7-11,16H,2,5-6,12-15,17H2,(H,24,27)(H2,23,25,28). The zero-order valence-corrected chi connectivity index (χ0v) is 16.1. The highest BCUT2D eigenvalue weighted by Crippen LogP contribution is 2.16. The maximum absolute atomic E-state index is 12.1. The predicted octanol–water partition coefficient (Wildman–Crippen LogP) is 3.82. The van der Waals surface area contributed by atoms with Gasteiger partial charge < -0.3 is 16.0 Å². The highest BCUT2D eigenvalue weighted by atomic mass is 16.2. The molecule has 0 aliphatic carbocycles. The molecule has 6 heteroatoms. The van der Waals surface area contributed by atoms with E-state index in [1.165, 1.54) is 24.8 Å². The topological polar surface area (TPSA) is 73.5 Å². The van der Waals surface area contributed by atoms with Gasteiger partial charge in [0.15, 0.2) is 0 Å². The van der Waals surface area contributed by atoms with E-state index in [4.69, 9.17) is 0 Å². The highest BCUT2D eigenvalue weighted by molar-refractivity contribution is 5.92. The number of hydrogen-bond donors (Lipinski definition) is 3. The molecule has 28 heavy (non-hydrogen) atoms. The molecular formula is C22H28N4O2. The number of urea groups is 1. The second kappa shape index (κ2) is 10.5. The molecular weight excluding hydrogens is 352 g/mol. The van der Waals surface area contributed by atoms with Crippen LogP contribution in [-0.2, 0) is 11.3 Å². The Kier molecular flexibility index (Phi) is 7.44. The number of carbonyl (C=O) groups excluding carboxylic acids is 2. The molecule has 1 aliphatic heterocycles. The largest absolute Gasteiger partial charge is 0.337 e. The van der Waals surface area contributed by atoms with Crippen LogP contribution in [0.5, 0.6) is 0 Å². The zero-order chi connectivity index (χ0) is 19.6. The van der Waals surface area contributed by atoms with Crippen LogP contribution in [0.4, 0.5) is 16.2 Å². The number of amides is 3. The van der Waals surface area contributed by atoms with Gasteiger partial charge in [-0.25, -0.2) is 4.79 Å². The first-order valence-corrected chi connectivity index (χ1v) is 9.90. The van der Waals surface area contributed by atoms with E-state index < -0.39 is 0 Å². The van der Waals surface area contributed by atoms with Crippen molar-refractivity contribution >= 4 is 23.3 Å². The van der Waals surface area contributed by atoms with Crippen molar-refractivity contribution in [3.63, 3.8) is 0 Å². The number of benzene rings is 2. The molecule has 0 radical (unpaired) electrons. The molecule has 0 unspecified atom stereocenters. The first-order valence-electron chi connectivity index (χ1n) is 9.90. The van der Waals surface area contributed by atoms with Gasteiger partial charge in [-0.1, -0.05) is 36.8 Å². The zero-order valence-electron chi connectivity index (χ0n) is 16.1. The molecule has 2 aromatic rings. The Morgan fingerprint density at radius 3 is 2.39 bits per heavy atom. The molecule has 0 spiro atoms. The summed E-state index contributed by atoms with van der Waals surface area (Å²) in [5.41, 5.74) is 2.71. The number of para-hydroxylation sites is 1. The Bertz CT molecular complexity index is 773. The molecule has 1 fully saturated rings. The lowest BCUT2D eigenvalue weighted by atomic mass is 10.1. The van der Waals surface area contributed by atoms with E-state index in [-0.39, 0.29) is 24.9 Å². The molecule has 0 atom stereocenters. The normalized spacial score (nSPS) is 14.3. The highest BCUT2D eigenvalue weighted by Gasteiger charge is 2.11. The van der Waals surface area contributed by atoms with Crippen molar-refractivity contribution in [2.45, 2.75) is 32.2 Å². The summed E-state index contributed by atoms with van der Waals surface area (Å²) < 4.78 is 0. The number of anilines is 2. The van der Waals surface area contributed by atoms with Crippen LogP contribution in [0.15, 0.2) is 54.6 Å². The van der Waals surface area contributed by atoms with Gasteiger partial charge in [0, 0.05) is 30.9 Å². The summed E-state index contributed by atoms with van der Waals surface area (Å²) in [7, 11) is 0. The first kappa shape index (κ1) is 19.9. The van der Waals surface area contributed by atoms with E-state index in [1.807, 2.05) is 48.5 Å². The lowest BCUT2D eigenvalue weighted by Gasteiger charge is -2.26. The van der Waals surface area contributed by atoms with E-state index in [9.17, 15) is 9.59 Å². The van der Waals surface area contributed by atoms with Crippen molar-refractivity contribution in [2.75, 3.05) is 30.3 Å². The number of nitrogens with zero attached hydrogens (tertiary/aromatic N) is 1. The number of piperidine rings is 1. The van der Waals surface area contributed by atoms with Gasteiger partial charge in [-0.2, -0.15) is 0 Å². The van der Waals surface area contributed by atoms with Crippen LogP contribution in [0.1, 0.15) is 31.2 Å². The van der Waals surface area contributed by atoms with Crippen molar-refractivity contribution < 1.29 is 9.59 Å². The third-order valence-electron chi connectivity index (χ3n) is 4.73. The number of likely N-dealkylation sites (tertiary alicyclic amines) is 1. The fraction of sp³-hybridized carbons (Fsp3) is 0.364. The number of carbonyl (C=O) groups is 2. The van der Waals surface area contributed by atoms with Crippen molar-refractivity contribution in [1.29, 1.82) is 0 Å². The Balaban J connectivity index is 1.39. The Hall–Kier alpha value is -2.86. The van der Waals surface area contributed by atoms with E-state index in [2.05, 4.69) is 26.9 Å². The summed E-state index contributed by atoms with van der Waals surface area (Å²) in [6.07, 6.45) is 4.06. The molecule has 0 aromatic heterocycles. The van der Waals surface area contributed by atoms with Crippen LogP contribution >= 0.6 is 0 Å². The SMILES string of the molecule is O=C(CCNC(=O)Nc1cccc(CN2CCCCC2)c1)Nc1ccccc1. The van der Waals surface area contributed by atoms with Crippen molar-refractivity contribution in [1.82, 2.24) is 10.2 Å². The molecule has 0 bridgehead atoms. The molecule has 2 aromatic carbocycles. The molecule has 6 nitrogen and oxygen atoms in total. The minimum Gasteiger partial charge on any atom is -0.337 e. The molecule has 1 heterocycles. The summed E-state index contributed by atoms with van der Waals surface area (Å²) in [5.74, 6) is -0.130. The van der Waals surface area contributed by atoms with Gasteiger partial charge in [0.05, 0.1) is 0 Å². The molecule has 3 N–H and O–H groups in total. The van der Waals surface area contributed by atoms with Crippen molar-refractivity contribution in [3.8, 4) is 0 Å². The van der Waals surface area contributed by atoms with Gasteiger partial charge in [0.25, 0.3) is 0 Å². The van der Waals surface area contributed by atoms with Crippen molar-refractivity contribution in [3.05, 3.63) is 60.2 Å². The van der Waals surface area contributed by atoms with Crippen LogP contribution in [0, 0.1) is 0 Å². The second-order valence-electron chi connectivity index (χ2n) is 7.08. The van der Waals surface area contributed by atoms with Gasteiger partial charge in [-0.05, 0) is 55.8 Å². The third kappa shape index (κ3) is 6.70. The smallest absolute Gasteiger partial charge is 0.319 e. The Labute approximate surface area is 166 Å². The van der Waals surface area contributed by atoms with E-state index in [0.29, 0.717) is 0 Å². The Morgan fingerprint density at radius 1 is 0.857 bits per heavy atom. The van der Waals surface area contributed by atoms with Crippen LogP contribution < -0.4 is 16.0 Å². The van der Waals surface area contributed by atoms with Crippen LogP contribution in [-0.4, -0.2) is 36.5 Å². The van der Waals surface area contributed by atoms with Gasteiger partial charge in [-0.3, -0.25) is 9.69 Å². The molecule has 3 rings (SSSR count). The van der Waals surface area contributed by atoms with Gasteiger partial charge in [0.2, 0.25) is 5.91 Å². The third-order valence-corrected chi connectivity index (χ3v) is 4.73. The molecule has 0 saturated carbocycles. The van der Waals surface area contributed by atoms with E-state index in [1.54, 1.807) is 0 Å². The monoisotopic (exact) mass is 380 g/mol. The lowest BCUT2D eigenvalue weighted by Crippen LogP contribution is -2.31. The number of nitrogens with one attached hydrogen (secondary N) is 3. The molecule has 148 valence electrons. The fourth-order valence-electron chi connectivity index (χ4n) is 3.33. The first-order chi connectivity index (χ1) is 13.7. The van der Waals surface area contributed by atoms with Crippen LogP contribution in [0.25, 0.3) is 0 Å². The molecule has 3 amide bonds. The number of hydrogen-bond acceptors (Lipinski definition) is 3. The molecule has 1 aliphatic rings. The van der Waals surface area contributed by atoms with Gasteiger partial charge in [0.1, 0.15) is 0 Å². The van der Waals surface area contributed by atoms with Crippen LogP contribution in [0.3, 0.4) is 0 Å².